The minimum Gasteiger partial charge on any atom is -0.356 e. The van der Waals surface area contributed by atoms with Crippen LogP contribution in [0.3, 0.4) is 0 Å². The predicted molar refractivity (Wildman–Crippen MR) is 46.5 cm³/mol. The smallest absolute Gasteiger partial charge is 0.160 e. The number of methoxy groups -OCH3 is 2. The van der Waals surface area contributed by atoms with Gasteiger partial charge in [0.25, 0.3) is 0 Å². The van der Waals surface area contributed by atoms with E-state index in [9.17, 15) is 0 Å². The normalized spacial score (nSPS) is 10.4. The van der Waals surface area contributed by atoms with Crippen LogP contribution in [0.4, 0.5) is 0 Å². The van der Waals surface area contributed by atoms with Crippen LogP contribution in [0.25, 0.3) is 0 Å². The Labute approximate surface area is 69.2 Å². The Balaban J connectivity index is 3.91. The Hall–Kier alpha value is -0.340. The summed E-state index contributed by atoms with van der Waals surface area (Å²) in [6.45, 7) is 6.29. The van der Waals surface area contributed by atoms with E-state index < -0.39 is 0 Å². The largest absolute Gasteiger partial charge is 0.356 e. The molecule has 0 atom stereocenters. The zero-order valence-corrected chi connectivity index (χ0v) is 8.10. The van der Waals surface area contributed by atoms with Crippen molar-refractivity contribution in [1.82, 2.24) is 0 Å². The fourth-order valence-electron chi connectivity index (χ4n) is 0.717. The van der Waals surface area contributed by atoms with Gasteiger partial charge in [-0.15, -0.1) is 0 Å². The van der Waals surface area contributed by atoms with Gasteiger partial charge in [-0.2, -0.15) is 0 Å². The molecule has 0 unspecified atom stereocenters. The first-order chi connectivity index (χ1) is 5.11. The van der Waals surface area contributed by atoms with Crippen molar-refractivity contribution in [3.63, 3.8) is 0 Å². The Kier molecular flexibility index (Phi) is 5.16. The van der Waals surface area contributed by atoms with E-state index in [1.807, 2.05) is 0 Å². The summed E-state index contributed by atoms with van der Waals surface area (Å²) >= 11 is 0. The fourth-order valence-corrected chi connectivity index (χ4v) is 0.717. The van der Waals surface area contributed by atoms with E-state index in [0.29, 0.717) is 0 Å². The predicted octanol–water partition coefficient (Wildman–Crippen LogP) is 2.35. The molecule has 0 amide bonds. The van der Waals surface area contributed by atoms with Gasteiger partial charge in [-0.1, -0.05) is 11.1 Å². The molecule has 0 aromatic carbocycles. The second kappa shape index (κ2) is 5.33. The summed E-state index contributed by atoms with van der Waals surface area (Å²) < 4.78 is 10.1. The minimum atomic E-state index is -0.0927. The molecule has 0 aromatic heterocycles. The molecule has 2 heteroatoms. The van der Waals surface area contributed by atoms with Gasteiger partial charge in [0.2, 0.25) is 0 Å². The first-order valence-electron chi connectivity index (χ1n) is 3.80. The molecular weight excluding hydrogens is 140 g/mol. The highest BCUT2D eigenvalue weighted by molar-refractivity contribution is 5.06. The zero-order valence-electron chi connectivity index (χ0n) is 8.10. The molecule has 0 bridgehead atoms. The lowest BCUT2D eigenvalue weighted by Crippen LogP contribution is -2.13. The maximum atomic E-state index is 5.06. The maximum Gasteiger partial charge on any atom is 0.160 e. The first-order valence-corrected chi connectivity index (χ1v) is 3.80. The maximum absolute atomic E-state index is 5.06. The van der Waals surface area contributed by atoms with Crippen molar-refractivity contribution in [3.05, 3.63) is 11.1 Å². The van der Waals surface area contributed by atoms with E-state index in [-0.39, 0.29) is 6.29 Å². The molecule has 0 N–H and O–H groups in total. The molecule has 0 aromatic rings. The van der Waals surface area contributed by atoms with Crippen molar-refractivity contribution in [2.75, 3.05) is 14.2 Å². The van der Waals surface area contributed by atoms with E-state index in [0.717, 1.165) is 6.42 Å². The average Bonchev–Trinajstić information content (AvgIpc) is 1.99. The van der Waals surface area contributed by atoms with Crippen molar-refractivity contribution >= 4 is 0 Å². The molecule has 0 aliphatic rings. The Morgan fingerprint density at radius 1 is 1.09 bits per heavy atom. The number of hydrogen-bond donors (Lipinski definition) is 0. The van der Waals surface area contributed by atoms with Gasteiger partial charge in [0, 0.05) is 20.6 Å². The van der Waals surface area contributed by atoms with E-state index >= 15 is 0 Å². The Bertz CT molecular complexity index is 130. The third-order valence-corrected chi connectivity index (χ3v) is 1.85. The van der Waals surface area contributed by atoms with Gasteiger partial charge >= 0.3 is 0 Å². The van der Waals surface area contributed by atoms with Crippen LogP contribution in [-0.4, -0.2) is 20.5 Å². The number of hydrogen-bond acceptors (Lipinski definition) is 2. The number of ether oxygens (including phenoxy) is 2. The molecule has 0 saturated heterocycles. The highest BCUT2D eigenvalue weighted by Crippen LogP contribution is 2.11. The molecule has 0 saturated carbocycles. The second-order valence-electron chi connectivity index (χ2n) is 2.89. The molecule has 0 spiro atoms. The van der Waals surface area contributed by atoms with Crippen LogP contribution in [0.5, 0.6) is 0 Å². The molecule has 2 nitrogen and oxygen atoms in total. The summed E-state index contributed by atoms with van der Waals surface area (Å²) in [5, 5.41) is 0. The standard InChI is InChI=1S/C9H18O2/c1-7(2)8(3)6-9(10-4)11-5/h9H,6H2,1-5H3. The van der Waals surface area contributed by atoms with Crippen LogP contribution >= 0.6 is 0 Å². The van der Waals surface area contributed by atoms with Gasteiger partial charge < -0.3 is 9.47 Å². The molecule has 66 valence electrons. The van der Waals surface area contributed by atoms with Crippen molar-refractivity contribution in [2.45, 2.75) is 33.5 Å². The lowest BCUT2D eigenvalue weighted by Gasteiger charge is -2.14. The van der Waals surface area contributed by atoms with Crippen LogP contribution in [0.15, 0.2) is 11.1 Å². The Morgan fingerprint density at radius 3 is 1.82 bits per heavy atom. The summed E-state index contributed by atoms with van der Waals surface area (Å²) in [4.78, 5) is 0. The molecule has 0 aliphatic carbocycles. The summed E-state index contributed by atoms with van der Waals surface area (Å²) in [5.74, 6) is 0. The van der Waals surface area contributed by atoms with E-state index in [4.69, 9.17) is 9.47 Å². The fraction of sp³-hybridized carbons (Fsp3) is 0.778. The van der Waals surface area contributed by atoms with Crippen LogP contribution in [-0.2, 0) is 9.47 Å². The average molecular weight is 158 g/mol. The van der Waals surface area contributed by atoms with Crippen LogP contribution in [0.2, 0.25) is 0 Å². The van der Waals surface area contributed by atoms with Crippen molar-refractivity contribution in [1.29, 1.82) is 0 Å². The Morgan fingerprint density at radius 2 is 1.55 bits per heavy atom. The molecule has 0 rings (SSSR count). The highest BCUT2D eigenvalue weighted by Gasteiger charge is 2.05. The van der Waals surface area contributed by atoms with Gasteiger partial charge in [-0.05, 0) is 20.8 Å². The summed E-state index contributed by atoms with van der Waals surface area (Å²) in [5.41, 5.74) is 2.67. The van der Waals surface area contributed by atoms with Crippen molar-refractivity contribution in [2.24, 2.45) is 0 Å². The lowest BCUT2D eigenvalue weighted by molar-refractivity contribution is -0.100. The monoisotopic (exact) mass is 158 g/mol. The lowest BCUT2D eigenvalue weighted by atomic mass is 10.1. The molecule has 0 fully saturated rings. The van der Waals surface area contributed by atoms with Crippen molar-refractivity contribution in [3.8, 4) is 0 Å². The molecule has 11 heavy (non-hydrogen) atoms. The second-order valence-corrected chi connectivity index (χ2v) is 2.89. The van der Waals surface area contributed by atoms with E-state index in [2.05, 4.69) is 20.8 Å². The molecule has 0 aliphatic heterocycles. The van der Waals surface area contributed by atoms with Gasteiger partial charge in [-0.25, -0.2) is 0 Å². The topological polar surface area (TPSA) is 18.5 Å². The van der Waals surface area contributed by atoms with Crippen molar-refractivity contribution < 1.29 is 9.47 Å². The quantitative estimate of drug-likeness (QED) is 0.462. The first kappa shape index (κ1) is 10.7. The SMILES string of the molecule is COC(CC(C)=C(C)C)OC. The number of allylic oxidation sites excluding steroid dienone is 1. The van der Waals surface area contributed by atoms with Crippen LogP contribution < -0.4 is 0 Å². The summed E-state index contributed by atoms with van der Waals surface area (Å²) in [6.07, 6.45) is 0.764. The third-order valence-electron chi connectivity index (χ3n) is 1.85. The molecule has 0 radical (unpaired) electrons. The van der Waals surface area contributed by atoms with Gasteiger partial charge in [0.1, 0.15) is 0 Å². The number of rotatable bonds is 4. The zero-order chi connectivity index (χ0) is 8.85. The highest BCUT2D eigenvalue weighted by atomic mass is 16.7. The van der Waals surface area contributed by atoms with Gasteiger partial charge in [0.15, 0.2) is 6.29 Å². The minimum absolute atomic E-state index is 0.0927. The van der Waals surface area contributed by atoms with Gasteiger partial charge in [0.05, 0.1) is 0 Å². The van der Waals surface area contributed by atoms with Gasteiger partial charge in [-0.3, -0.25) is 0 Å². The molecular formula is C9H18O2. The van der Waals surface area contributed by atoms with Crippen LogP contribution in [0.1, 0.15) is 27.2 Å². The summed E-state index contributed by atoms with van der Waals surface area (Å²) in [7, 11) is 3.32. The summed E-state index contributed by atoms with van der Waals surface area (Å²) in [6, 6.07) is 0. The van der Waals surface area contributed by atoms with Crippen LogP contribution in [0, 0.1) is 0 Å². The van der Waals surface area contributed by atoms with E-state index in [1.165, 1.54) is 11.1 Å². The third kappa shape index (κ3) is 4.17. The van der Waals surface area contributed by atoms with E-state index in [1.54, 1.807) is 14.2 Å². The molecule has 0 heterocycles.